The van der Waals surface area contributed by atoms with Crippen molar-refractivity contribution >= 4 is 14.4 Å². The van der Waals surface area contributed by atoms with Crippen molar-refractivity contribution in [3.05, 3.63) is 47.5 Å². The number of amides is 1. The molecule has 0 N–H and O–H groups in total. The molecule has 0 fully saturated rings. The molecule has 1 aromatic rings. The summed E-state index contributed by atoms with van der Waals surface area (Å²) < 4.78 is 12.4. The molecule has 0 saturated carbocycles. The first kappa shape index (κ1) is 20.1. The molecular formula is C22H33NO3Si. The minimum Gasteiger partial charge on any atom is -0.444 e. The van der Waals surface area contributed by atoms with E-state index in [2.05, 4.69) is 58.2 Å². The molecule has 148 valence electrons. The van der Waals surface area contributed by atoms with Gasteiger partial charge in [-0.25, -0.2) is 4.79 Å². The number of rotatable bonds is 3. The Bertz CT molecular complexity index is 772. The van der Waals surface area contributed by atoms with E-state index < -0.39 is 19.5 Å². The second kappa shape index (κ2) is 6.21. The van der Waals surface area contributed by atoms with Crippen molar-refractivity contribution in [2.45, 2.75) is 76.9 Å². The summed E-state index contributed by atoms with van der Waals surface area (Å²) in [6.07, 6.45) is 3.96. The SMILES string of the molecule is CC(C)(C)OC(=O)N1C2C=CC1(CO[Si](C)(C)C(C)(C)C)c1ccccc12. The van der Waals surface area contributed by atoms with Crippen LogP contribution in [-0.4, -0.2) is 31.5 Å². The van der Waals surface area contributed by atoms with E-state index in [1.54, 1.807) is 0 Å². The number of carbonyl (C=O) groups excluding carboxylic acids is 1. The molecule has 0 saturated heterocycles. The average Bonchev–Trinajstić information content (AvgIpc) is 3.03. The molecule has 1 amide bonds. The highest BCUT2D eigenvalue weighted by molar-refractivity contribution is 6.74. The van der Waals surface area contributed by atoms with Gasteiger partial charge in [-0.1, -0.05) is 57.2 Å². The fourth-order valence-corrected chi connectivity index (χ4v) is 4.58. The van der Waals surface area contributed by atoms with Crippen molar-refractivity contribution in [2.24, 2.45) is 0 Å². The largest absolute Gasteiger partial charge is 0.444 e. The van der Waals surface area contributed by atoms with E-state index in [0.29, 0.717) is 6.61 Å². The lowest BCUT2D eigenvalue weighted by Crippen LogP contribution is -2.51. The van der Waals surface area contributed by atoms with Crippen molar-refractivity contribution in [2.75, 3.05) is 6.61 Å². The Morgan fingerprint density at radius 2 is 1.78 bits per heavy atom. The van der Waals surface area contributed by atoms with Crippen molar-refractivity contribution < 1.29 is 14.0 Å². The molecule has 5 heteroatoms. The summed E-state index contributed by atoms with van der Waals surface area (Å²) in [5, 5.41) is 0.111. The highest BCUT2D eigenvalue weighted by atomic mass is 28.4. The Morgan fingerprint density at radius 1 is 1.15 bits per heavy atom. The lowest BCUT2D eigenvalue weighted by Gasteiger charge is -2.41. The number of nitrogens with zero attached hydrogens (tertiary/aromatic N) is 1. The molecule has 2 unspecified atom stereocenters. The smallest absolute Gasteiger partial charge is 0.412 e. The second-order valence-corrected chi connectivity index (χ2v) is 15.0. The zero-order valence-electron chi connectivity index (χ0n) is 17.9. The van der Waals surface area contributed by atoms with Crippen LogP contribution in [0.3, 0.4) is 0 Å². The van der Waals surface area contributed by atoms with Gasteiger partial charge in [-0.05, 0) is 50.0 Å². The lowest BCUT2D eigenvalue weighted by molar-refractivity contribution is -0.00262. The van der Waals surface area contributed by atoms with Crippen LogP contribution in [0.4, 0.5) is 4.79 Å². The monoisotopic (exact) mass is 387 g/mol. The normalized spacial score (nSPS) is 24.3. The third-order valence-electron chi connectivity index (χ3n) is 6.06. The Labute approximate surface area is 164 Å². The number of benzene rings is 1. The number of carbonyl (C=O) groups is 1. The fourth-order valence-electron chi connectivity index (χ4n) is 3.57. The van der Waals surface area contributed by atoms with Crippen LogP contribution in [0.15, 0.2) is 36.4 Å². The molecule has 27 heavy (non-hydrogen) atoms. The molecule has 0 spiro atoms. The van der Waals surface area contributed by atoms with Crippen LogP contribution in [0.5, 0.6) is 0 Å². The van der Waals surface area contributed by atoms with Crippen molar-refractivity contribution in [3.8, 4) is 0 Å². The molecule has 2 aliphatic rings. The summed E-state index contributed by atoms with van der Waals surface area (Å²) in [5.41, 5.74) is 1.21. The quantitative estimate of drug-likeness (QED) is 0.488. The summed E-state index contributed by atoms with van der Waals surface area (Å²) in [6.45, 7) is 17.4. The minimum atomic E-state index is -1.96. The minimum absolute atomic E-state index is 0.0842. The van der Waals surface area contributed by atoms with Gasteiger partial charge in [0.25, 0.3) is 0 Å². The van der Waals surface area contributed by atoms with Crippen LogP contribution in [0.25, 0.3) is 0 Å². The molecule has 0 radical (unpaired) electrons. The predicted octanol–water partition coefficient (Wildman–Crippen LogP) is 5.77. The Kier molecular flexibility index (Phi) is 4.63. The van der Waals surface area contributed by atoms with Crippen LogP contribution in [0, 0.1) is 0 Å². The van der Waals surface area contributed by atoms with E-state index in [-0.39, 0.29) is 17.2 Å². The van der Waals surface area contributed by atoms with Gasteiger partial charge < -0.3 is 9.16 Å². The van der Waals surface area contributed by atoms with Crippen LogP contribution in [-0.2, 0) is 14.7 Å². The van der Waals surface area contributed by atoms with Crippen molar-refractivity contribution in [1.29, 1.82) is 0 Å². The number of hydrogen-bond donors (Lipinski definition) is 0. The predicted molar refractivity (Wildman–Crippen MR) is 111 cm³/mol. The molecule has 0 aromatic heterocycles. The average molecular weight is 388 g/mol. The highest BCUT2D eigenvalue weighted by Crippen LogP contribution is 2.54. The summed E-state index contributed by atoms with van der Waals surface area (Å²) >= 11 is 0. The molecule has 3 rings (SSSR count). The van der Waals surface area contributed by atoms with Crippen LogP contribution in [0.2, 0.25) is 18.1 Å². The first-order valence-corrected chi connectivity index (χ1v) is 12.6. The van der Waals surface area contributed by atoms with E-state index in [9.17, 15) is 4.79 Å². The van der Waals surface area contributed by atoms with Gasteiger partial charge in [0.2, 0.25) is 0 Å². The maximum atomic E-state index is 13.1. The van der Waals surface area contributed by atoms with Gasteiger partial charge in [-0.2, -0.15) is 0 Å². The van der Waals surface area contributed by atoms with E-state index in [4.69, 9.17) is 9.16 Å². The van der Waals surface area contributed by atoms with Gasteiger partial charge in [-0.15, -0.1) is 0 Å². The molecule has 2 atom stereocenters. The van der Waals surface area contributed by atoms with Crippen LogP contribution < -0.4 is 0 Å². The summed E-state index contributed by atoms with van der Waals surface area (Å²) in [4.78, 5) is 15.0. The van der Waals surface area contributed by atoms with Gasteiger partial charge in [0.15, 0.2) is 8.32 Å². The van der Waals surface area contributed by atoms with Crippen LogP contribution in [0.1, 0.15) is 58.7 Å². The topological polar surface area (TPSA) is 38.8 Å². The molecule has 1 aromatic carbocycles. The van der Waals surface area contributed by atoms with E-state index in [1.807, 2.05) is 37.8 Å². The van der Waals surface area contributed by atoms with Gasteiger partial charge in [-0.3, -0.25) is 4.90 Å². The summed E-state index contributed by atoms with van der Waals surface area (Å²) in [7, 11) is -1.96. The Balaban J connectivity index is 1.98. The Morgan fingerprint density at radius 3 is 2.37 bits per heavy atom. The molecule has 4 nitrogen and oxygen atoms in total. The number of fused-ring (bicyclic) bond motifs is 5. The summed E-state index contributed by atoms with van der Waals surface area (Å²) in [6, 6.07) is 8.21. The first-order valence-electron chi connectivity index (χ1n) is 9.74. The zero-order valence-corrected chi connectivity index (χ0v) is 18.9. The van der Waals surface area contributed by atoms with Gasteiger partial charge in [0.1, 0.15) is 11.1 Å². The number of hydrogen-bond acceptors (Lipinski definition) is 3. The van der Waals surface area contributed by atoms with Gasteiger partial charge in [0, 0.05) is 0 Å². The lowest BCUT2D eigenvalue weighted by atomic mass is 9.87. The number of ether oxygens (including phenoxy) is 1. The van der Waals surface area contributed by atoms with Gasteiger partial charge in [0.05, 0.1) is 12.6 Å². The van der Waals surface area contributed by atoms with E-state index in [0.717, 1.165) is 5.56 Å². The fraction of sp³-hybridized carbons (Fsp3) is 0.591. The molecule has 0 aliphatic carbocycles. The Hall–Kier alpha value is -1.59. The third-order valence-corrected chi connectivity index (χ3v) is 10.5. The second-order valence-electron chi connectivity index (χ2n) is 10.2. The third kappa shape index (κ3) is 3.36. The molecular weight excluding hydrogens is 354 g/mol. The molecule has 2 bridgehead atoms. The maximum absolute atomic E-state index is 13.1. The maximum Gasteiger partial charge on any atom is 0.412 e. The molecule has 2 heterocycles. The van der Waals surface area contributed by atoms with Gasteiger partial charge >= 0.3 is 6.09 Å². The standard InChI is InChI=1S/C22H33NO3Si/c1-20(2,3)26-19(24)23-18-13-14-22(23,17-12-10-9-11-16(17)18)15-25-27(7,8)21(4,5)6/h9-14,18H,15H2,1-8H3. The van der Waals surface area contributed by atoms with Crippen LogP contribution >= 0.6 is 0 Å². The highest BCUT2D eigenvalue weighted by Gasteiger charge is 2.56. The first-order chi connectivity index (χ1) is 12.3. The van der Waals surface area contributed by atoms with Crippen molar-refractivity contribution in [3.63, 3.8) is 0 Å². The molecule has 2 aliphatic heterocycles. The van der Waals surface area contributed by atoms with E-state index in [1.165, 1.54) is 5.56 Å². The van der Waals surface area contributed by atoms with E-state index >= 15 is 0 Å². The van der Waals surface area contributed by atoms with Crippen molar-refractivity contribution in [1.82, 2.24) is 4.90 Å². The zero-order chi connectivity index (χ0) is 20.3. The summed E-state index contributed by atoms with van der Waals surface area (Å²) in [5.74, 6) is 0.